The molecule has 0 radical (unpaired) electrons. The molecule has 8 rings (SSSR count). The minimum Gasteiger partial charge on any atom is -0.354 e. The van der Waals surface area contributed by atoms with Gasteiger partial charge in [0.15, 0.2) is 23.3 Å². The van der Waals surface area contributed by atoms with Gasteiger partial charge < -0.3 is 18.9 Å². The van der Waals surface area contributed by atoms with Gasteiger partial charge in [-0.25, -0.2) is 36.7 Å². The van der Waals surface area contributed by atoms with E-state index in [1.165, 1.54) is 27.7 Å². The molecule has 0 bridgehead atoms. The van der Waals surface area contributed by atoms with Crippen molar-refractivity contribution in [3.63, 3.8) is 0 Å². The lowest BCUT2D eigenvalue weighted by atomic mass is 10.1. The molecule has 4 aliphatic rings. The lowest BCUT2D eigenvalue weighted by Gasteiger charge is -2.17. The number of hydrogen-bond acceptors (Lipinski definition) is 16. The van der Waals surface area contributed by atoms with Crippen LogP contribution in [-0.4, -0.2) is 86.8 Å². The molecule has 4 aromatic rings. The zero-order valence-corrected chi connectivity index (χ0v) is 42.6. The second-order valence-electron chi connectivity index (χ2n) is 17.7. The van der Waals surface area contributed by atoms with Crippen molar-refractivity contribution in [2.45, 2.75) is 180 Å². The smallest absolute Gasteiger partial charge is 0.350 e. The normalized spacial score (nSPS) is 26.2. The van der Waals surface area contributed by atoms with Gasteiger partial charge in [-0.15, -0.1) is 0 Å². The summed E-state index contributed by atoms with van der Waals surface area (Å²) in [6, 6.07) is -1.76. The van der Waals surface area contributed by atoms with Crippen molar-refractivity contribution < 1.29 is 36.5 Å². The van der Waals surface area contributed by atoms with Gasteiger partial charge in [-0.2, -0.15) is 19.9 Å². The van der Waals surface area contributed by atoms with Gasteiger partial charge in [-0.3, -0.25) is 18.3 Å². The first kappa shape index (κ1) is 59.2. The molecule has 32 heteroatoms. The van der Waals surface area contributed by atoms with Gasteiger partial charge in [-0.1, -0.05) is 48.2 Å². The van der Waals surface area contributed by atoms with Crippen molar-refractivity contribution in [3.8, 4) is 0 Å². The first-order valence-corrected chi connectivity index (χ1v) is 24.1. The molecular weight excluding hydrogens is 1010 g/mol. The molecule has 0 aliphatic carbocycles. The second kappa shape index (κ2) is 27.2. The van der Waals surface area contributed by atoms with Crippen molar-refractivity contribution in [1.29, 1.82) is 0 Å². The third-order valence-electron chi connectivity index (χ3n) is 12.8. The molecule has 408 valence electrons. The van der Waals surface area contributed by atoms with Gasteiger partial charge in [-0.05, 0) is 88.3 Å². The topological polar surface area (TPSA) is 372 Å². The summed E-state index contributed by atoms with van der Waals surface area (Å²) in [5.41, 5.74) is 31.9. The van der Waals surface area contributed by atoms with Crippen LogP contribution in [0.25, 0.3) is 41.8 Å². The number of azide groups is 4. The predicted octanol–water partition coefficient (Wildman–Crippen LogP) is 8.27. The molecule has 8 heterocycles. The van der Waals surface area contributed by atoms with E-state index in [4.69, 9.17) is 41.1 Å². The minimum absolute atomic E-state index is 0.0339. The largest absolute Gasteiger partial charge is 0.354 e. The Morgan fingerprint density at radius 1 is 0.461 bits per heavy atom. The molecule has 4 saturated heterocycles. The van der Waals surface area contributed by atoms with E-state index in [-0.39, 0.29) is 59.3 Å². The van der Waals surface area contributed by atoms with Crippen LogP contribution in [0.5, 0.6) is 0 Å². The number of nitrogens with zero attached hydrogens (tertiary/aromatic N) is 20. The van der Waals surface area contributed by atoms with Crippen LogP contribution in [0.15, 0.2) is 64.4 Å². The first-order valence-electron chi connectivity index (χ1n) is 24.1. The maximum absolute atomic E-state index is 13.5. The van der Waals surface area contributed by atoms with Crippen molar-refractivity contribution in [1.82, 2.24) is 38.2 Å². The number of halogens is 4. The van der Waals surface area contributed by atoms with Crippen molar-refractivity contribution in [2.24, 2.45) is 20.5 Å². The number of aromatic nitrogens is 8. The van der Waals surface area contributed by atoms with Crippen LogP contribution in [0.1, 0.15) is 127 Å². The molecule has 0 amide bonds. The van der Waals surface area contributed by atoms with E-state index in [1.54, 1.807) is 0 Å². The fourth-order valence-electron chi connectivity index (χ4n) is 8.59. The Labute approximate surface area is 429 Å². The van der Waals surface area contributed by atoms with Crippen LogP contribution in [0.4, 0.5) is 17.6 Å². The fraction of sp³-hybridized carbons (Fsp3) is 0.636. The van der Waals surface area contributed by atoms with Crippen LogP contribution < -0.4 is 22.8 Å². The SMILES string of the molecule is CC[C@@H]1C[C@H](N=[N+]=[N-])[C@@H](n2cc(F)c(C)nc2=O)O1.CC[C@@H]1O[C@H](n2cc(F)c(C)nc2=O)CC1N=[N+]=[N-].CC[C@H]1CC(N=[N+]=[N-])[C@@H](n2cc(F)c(C)nc2=O)O1.CC[C@H]1O[C@H](n2cc(F)c(C)nc2=O)CC1N=[N+]=[N-]. The van der Waals surface area contributed by atoms with E-state index in [0.29, 0.717) is 38.5 Å². The molecule has 4 fully saturated rings. The molecule has 0 saturated carbocycles. The molecule has 28 nitrogen and oxygen atoms in total. The van der Waals surface area contributed by atoms with Crippen molar-refractivity contribution in [2.75, 3.05) is 0 Å². The molecule has 0 spiro atoms. The second-order valence-corrected chi connectivity index (χ2v) is 17.7. The summed E-state index contributed by atoms with van der Waals surface area (Å²) in [5.74, 6) is -2.32. The van der Waals surface area contributed by atoms with E-state index in [9.17, 15) is 36.7 Å². The summed E-state index contributed by atoms with van der Waals surface area (Å²) in [7, 11) is 0. The van der Waals surface area contributed by atoms with Crippen LogP contribution in [0.2, 0.25) is 0 Å². The van der Waals surface area contributed by atoms with E-state index < -0.39 is 83.0 Å². The zero-order valence-electron chi connectivity index (χ0n) is 42.6. The molecule has 4 aromatic heterocycles. The van der Waals surface area contributed by atoms with E-state index in [1.807, 2.05) is 27.7 Å². The third-order valence-corrected chi connectivity index (χ3v) is 12.8. The van der Waals surface area contributed by atoms with Crippen molar-refractivity contribution in [3.05, 3.63) is 155 Å². The number of ether oxygens (including phenoxy) is 4. The molecule has 3 unspecified atom stereocenters. The standard InChI is InChI=1S/4C11H14FN5O2/c2*1-3-9-8(15-16-13)4-10(19-9)17-5-7(12)6(2)14-11(17)18;2*1-3-7-4-9(15-16-13)10(19-7)17-5-8(12)6(2)14-11(17)18/h2*5,8-10H,3-4H2,1-2H3;2*5,7,9-10H,3-4H2,1-2H3/t8?,9-,10+;8?,9-,10-;7-,9?,10-;7-,9+,10+/m1001/s1. The Bertz CT molecular complexity index is 2940. The van der Waals surface area contributed by atoms with Crippen molar-refractivity contribution >= 4 is 0 Å². The van der Waals surface area contributed by atoms with Crippen LogP contribution >= 0.6 is 0 Å². The molecule has 12 atom stereocenters. The maximum atomic E-state index is 13.5. The Morgan fingerprint density at radius 2 is 0.737 bits per heavy atom. The Kier molecular flexibility index (Phi) is 21.2. The molecular formula is C44H56F4N20O8. The summed E-state index contributed by atoms with van der Waals surface area (Å²) in [5, 5.41) is 14.5. The first-order chi connectivity index (χ1) is 36.2. The Hall–Kier alpha value is -7.68. The van der Waals surface area contributed by atoms with E-state index in [2.05, 4.69) is 60.0 Å². The fourth-order valence-corrected chi connectivity index (χ4v) is 8.59. The summed E-state index contributed by atoms with van der Waals surface area (Å²) in [6.07, 6.45) is 5.07. The summed E-state index contributed by atoms with van der Waals surface area (Å²) in [4.78, 5) is 72.4. The highest BCUT2D eigenvalue weighted by Gasteiger charge is 2.39. The highest BCUT2D eigenvalue weighted by atomic mass is 19.1. The maximum Gasteiger partial charge on any atom is 0.350 e. The molecule has 4 aliphatic heterocycles. The van der Waals surface area contributed by atoms with Gasteiger partial charge in [0, 0.05) is 57.3 Å². The van der Waals surface area contributed by atoms with E-state index >= 15 is 0 Å². The summed E-state index contributed by atoms with van der Waals surface area (Å²) < 4.78 is 80.8. The van der Waals surface area contributed by atoms with Crippen LogP contribution in [0.3, 0.4) is 0 Å². The van der Waals surface area contributed by atoms with Gasteiger partial charge in [0.25, 0.3) is 0 Å². The lowest BCUT2D eigenvalue weighted by Crippen LogP contribution is -2.32. The highest BCUT2D eigenvalue weighted by Crippen LogP contribution is 2.35. The lowest BCUT2D eigenvalue weighted by molar-refractivity contribution is -0.00723. The van der Waals surface area contributed by atoms with Gasteiger partial charge in [0.1, 0.15) is 24.9 Å². The average molecular weight is 1070 g/mol. The third kappa shape index (κ3) is 14.4. The Balaban J connectivity index is 0.000000187. The number of aryl methyl sites for hydroxylation is 4. The summed E-state index contributed by atoms with van der Waals surface area (Å²) >= 11 is 0. The monoisotopic (exact) mass is 1070 g/mol. The zero-order chi connectivity index (χ0) is 56.0. The van der Waals surface area contributed by atoms with Gasteiger partial charge >= 0.3 is 22.8 Å². The number of hydrogen-bond donors (Lipinski definition) is 0. The quantitative estimate of drug-likeness (QED) is 0.0560. The average Bonchev–Trinajstić information content (AvgIpc) is 4.20. The van der Waals surface area contributed by atoms with Gasteiger partial charge in [0.2, 0.25) is 0 Å². The highest BCUT2D eigenvalue weighted by molar-refractivity contribution is 5.05. The van der Waals surface area contributed by atoms with Crippen LogP contribution in [0, 0.1) is 51.0 Å². The predicted molar refractivity (Wildman–Crippen MR) is 260 cm³/mol. The number of rotatable bonds is 12. The summed E-state index contributed by atoms with van der Waals surface area (Å²) in [6.45, 7) is 13.3. The minimum atomic E-state index is -0.795. The van der Waals surface area contributed by atoms with Crippen LogP contribution in [-0.2, 0) is 18.9 Å². The van der Waals surface area contributed by atoms with E-state index in [0.717, 1.165) is 55.9 Å². The molecule has 0 N–H and O–H groups in total. The van der Waals surface area contributed by atoms with Gasteiger partial charge in [0.05, 0.1) is 71.4 Å². The Morgan fingerprint density at radius 3 is 1.01 bits per heavy atom. The molecule has 76 heavy (non-hydrogen) atoms. The molecule has 0 aromatic carbocycles.